The molecule has 0 heterocycles. The second kappa shape index (κ2) is 7.97. The Hall–Kier alpha value is -3.62. The molecule has 2 aromatic carbocycles. The van der Waals surface area contributed by atoms with Crippen molar-refractivity contribution in [2.75, 3.05) is 0 Å². The zero-order valence-corrected chi connectivity index (χ0v) is 13.8. The third-order valence-electron chi connectivity index (χ3n) is 3.14. The van der Waals surface area contributed by atoms with Crippen LogP contribution >= 0.6 is 0 Å². The van der Waals surface area contributed by atoms with Gasteiger partial charge in [-0.25, -0.2) is 0 Å². The summed E-state index contributed by atoms with van der Waals surface area (Å²) >= 11 is 0. The van der Waals surface area contributed by atoms with Crippen molar-refractivity contribution in [1.29, 1.82) is 0 Å². The van der Waals surface area contributed by atoms with Gasteiger partial charge in [0.15, 0.2) is 0 Å². The van der Waals surface area contributed by atoms with Crippen molar-refractivity contribution >= 4 is 33.4 Å². The Balaban J connectivity index is 2.45. The van der Waals surface area contributed by atoms with Crippen molar-refractivity contribution in [2.24, 2.45) is 10.2 Å². The number of Topliss-reactive ketones (excluding diaryl/α,β-unsaturated/α-hetero) is 1. The minimum absolute atomic E-state index is 0.0172. The van der Waals surface area contributed by atoms with Crippen LogP contribution in [0.2, 0.25) is 0 Å². The number of hydrogen-bond donors (Lipinski definition) is 1. The van der Waals surface area contributed by atoms with Gasteiger partial charge in [0.25, 0.3) is 10.1 Å². The second-order valence-electron chi connectivity index (χ2n) is 4.83. The number of carbonyl (C=O) groups is 1. The maximum atomic E-state index is 12.5. The van der Waals surface area contributed by atoms with Crippen LogP contribution in [0.25, 0.3) is 27.0 Å². The van der Waals surface area contributed by atoms with Crippen LogP contribution in [0.4, 0.5) is 11.4 Å². The largest absolute Gasteiger partial charge is 0.298 e. The highest BCUT2D eigenvalue weighted by atomic mass is 32.2. The first-order valence-electron chi connectivity index (χ1n) is 6.89. The van der Waals surface area contributed by atoms with Crippen molar-refractivity contribution in [1.82, 2.24) is 0 Å². The van der Waals surface area contributed by atoms with Gasteiger partial charge >= 0.3 is 0 Å². The first-order valence-corrected chi connectivity index (χ1v) is 8.33. The molecule has 130 valence electrons. The average Bonchev–Trinajstić information content (AvgIpc) is 2.61. The van der Waals surface area contributed by atoms with E-state index >= 15 is 0 Å². The maximum absolute atomic E-state index is 12.5. The number of hydrogen-bond acceptors (Lipinski definition) is 5. The van der Waals surface area contributed by atoms with E-state index in [1.807, 2.05) is 0 Å². The van der Waals surface area contributed by atoms with Crippen molar-refractivity contribution in [3.8, 4) is 0 Å². The fourth-order valence-corrected chi connectivity index (χ4v) is 2.61. The predicted octanol–water partition coefficient (Wildman–Crippen LogP) is 4.68. The van der Waals surface area contributed by atoms with E-state index in [9.17, 15) is 17.8 Å². The molecule has 26 heavy (non-hydrogen) atoms. The highest BCUT2D eigenvalue weighted by Crippen LogP contribution is 2.21. The highest BCUT2D eigenvalue weighted by molar-refractivity contribution is 7.91. The Labute approximate surface area is 147 Å². The molecular weight excluding hydrogens is 360 g/mol. The zero-order valence-electron chi connectivity index (χ0n) is 13.0. The van der Waals surface area contributed by atoms with Crippen LogP contribution < -0.4 is 0 Å². The lowest BCUT2D eigenvalue weighted by molar-refractivity contribution is 0.104. The predicted molar refractivity (Wildman–Crippen MR) is 94.4 cm³/mol. The lowest BCUT2D eigenvalue weighted by Crippen LogP contribution is -2.13. The minimum atomic E-state index is -4.80. The van der Waals surface area contributed by atoms with Gasteiger partial charge in [-0.15, -0.1) is 0 Å². The van der Waals surface area contributed by atoms with Gasteiger partial charge in [-0.3, -0.25) is 9.35 Å². The van der Waals surface area contributed by atoms with E-state index in [-0.39, 0.29) is 11.3 Å². The third kappa shape index (κ3) is 4.69. The molecule has 0 saturated heterocycles. The van der Waals surface area contributed by atoms with Gasteiger partial charge in [0.05, 0.1) is 0 Å². The fraction of sp³-hybridized carbons (Fsp3) is 0. The van der Waals surface area contributed by atoms with Crippen LogP contribution in [0.1, 0.15) is 15.9 Å². The first-order chi connectivity index (χ1) is 12.3. The van der Waals surface area contributed by atoms with E-state index in [0.717, 1.165) is 6.08 Å². The molecule has 10 nitrogen and oxygen atoms in total. The van der Waals surface area contributed by atoms with Crippen molar-refractivity contribution in [3.05, 3.63) is 85.4 Å². The number of azide groups is 2. The lowest BCUT2D eigenvalue weighted by Gasteiger charge is -2.05. The van der Waals surface area contributed by atoms with E-state index in [1.165, 1.54) is 48.5 Å². The summed E-state index contributed by atoms with van der Waals surface area (Å²) in [5, 5.41) is 6.72. The number of ketones is 1. The number of carbonyl (C=O) groups excluding carboxylic acids is 1. The summed E-state index contributed by atoms with van der Waals surface area (Å²) in [4.78, 5) is 16.8. The van der Waals surface area contributed by atoms with Crippen LogP contribution in [-0.4, -0.2) is 18.8 Å². The molecule has 0 aromatic heterocycles. The Morgan fingerprint density at radius 2 is 1.38 bits per heavy atom. The van der Waals surface area contributed by atoms with Crippen LogP contribution in [0, 0.1) is 0 Å². The molecule has 0 saturated carbocycles. The van der Waals surface area contributed by atoms with Gasteiger partial charge in [0.2, 0.25) is 5.78 Å². The molecular formula is C15H10N6O4S. The van der Waals surface area contributed by atoms with Crippen LogP contribution in [0.15, 0.2) is 63.7 Å². The molecule has 0 aliphatic carbocycles. The molecule has 0 fully saturated rings. The normalized spacial score (nSPS) is 11.2. The van der Waals surface area contributed by atoms with Gasteiger partial charge in [0, 0.05) is 26.8 Å². The summed E-state index contributed by atoms with van der Waals surface area (Å²) in [7, 11) is -4.80. The van der Waals surface area contributed by atoms with Crippen LogP contribution in [0.5, 0.6) is 0 Å². The maximum Gasteiger partial charge on any atom is 0.298 e. The molecule has 0 aliphatic heterocycles. The summed E-state index contributed by atoms with van der Waals surface area (Å²) in [5.74, 6) is -0.931. The quantitative estimate of drug-likeness (QED) is 0.194. The summed E-state index contributed by atoms with van der Waals surface area (Å²) in [6.07, 6.45) is 0.999. The number of allylic oxidation sites excluding steroid dienone is 1. The standard InChI is InChI=1S/C15H10N6O4S/c16-20-18-12-5-1-10(2-6-12)9-14(26(23,24)25)15(22)11-3-7-13(8-4-11)19-21-17/h1-9H,(H,23,24,25). The summed E-state index contributed by atoms with van der Waals surface area (Å²) in [6.45, 7) is 0. The van der Waals surface area contributed by atoms with E-state index in [2.05, 4.69) is 20.1 Å². The fourth-order valence-electron chi connectivity index (χ4n) is 1.97. The number of rotatable bonds is 6. The van der Waals surface area contributed by atoms with E-state index in [1.54, 1.807) is 0 Å². The highest BCUT2D eigenvalue weighted by Gasteiger charge is 2.24. The van der Waals surface area contributed by atoms with Crippen molar-refractivity contribution < 1.29 is 17.8 Å². The SMILES string of the molecule is [N-]=[N+]=Nc1ccc(C=C(C(=O)c2ccc(N=[N+]=[N-])cc2)S(=O)(=O)O)cc1. The Kier molecular flexibility index (Phi) is 5.74. The van der Waals surface area contributed by atoms with Crippen LogP contribution in [-0.2, 0) is 10.1 Å². The van der Waals surface area contributed by atoms with E-state index in [0.29, 0.717) is 11.3 Å². The molecule has 0 atom stereocenters. The van der Waals surface area contributed by atoms with Gasteiger partial charge in [0.1, 0.15) is 4.91 Å². The van der Waals surface area contributed by atoms with Crippen molar-refractivity contribution in [3.63, 3.8) is 0 Å². The molecule has 0 unspecified atom stereocenters. The van der Waals surface area contributed by atoms with Gasteiger partial charge < -0.3 is 0 Å². The topological polar surface area (TPSA) is 169 Å². The Morgan fingerprint density at radius 3 is 1.81 bits per heavy atom. The summed E-state index contributed by atoms with van der Waals surface area (Å²) in [6, 6.07) is 10.9. The lowest BCUT2D eigenvalue weighted by atomic mass is 10.1. The first kappa shape index (κ1) is 18.7. The summed E-state index contributed by atoms with van der Waals surface area (Å²) in [5.41, 5.74) is 17.5. The molecule has 0 bridgehead atoms. The number of benzene rings is 2. The molecule has 11 heteroatoms. The molecule has 2 rings (SSSR count). The Bertz CT molecular complexity index is 1060. The third-order valence-corrected chi connectivity index (χ3v) is 4.00. The molecule has 0 radical (unpaired) electrons. The zero-order chi connectivity index (χ0) is 19.2. The minimum Gasteiger partial charge on any atom is -0.288 e. The summed E-state index contributed by atoms with van der Waals surface area (Å²) < 4.78 is 32.6. The van der Waals surface area contributed by atoms with Gasteiger partial charge in [-0.1, -0.05) is 58.8 Å². The molecule has 0 amide bonds. The van der Waals surface area contributed by atoms with E-state index < -0.39 is 20.8 Å². The second-order valence-corrected chi connectivity index (χ2v) is 6.22. The molecule has 0 aliphatic rings. The molecule has 0 spiro atoms. The average molecular weight is 370 g/mol. The van der Waals surface area contributed by atoms with Gasteiger partial charge in [-0.2, -0.15) is 8.42 Å². The number of nitrogens with zero attached hydrogens (tertiary/aromatic N) is 6. The Morgan fingerprint density at radius 1 is 0.923 bits per heavy atom. The van der Waals surface area contributed by atoms with E-state index in [4.69, 9.17) is 11.1 Å². The smallest absolute Gasteiger partial charge is 0.288 e. The van der Waals surface area contributed by atoms with Crippen LogP contribution in [0.3, 0.4) is 0 Å². The molecule has 1 N–H and O–H groups in total. The van der Waals surface area contributed by atoms with Crippen molar-refractivity contribution in [2.45, 2.75) is 0 Å². The monoisotopic (exact) mass is 370 g/mol. The molecule has 2 aromatic rings. The van der Waals surface area contributed by atoms with Gasteiger partial charge in [-0.05, 0) is 22.7 Å².